The van der Waals surface area contributed by atoms with Crippen molar-refractivity contribution in [2.75, 3.05) is 13.7 Å². The van der Waals surface area contributed by atoms with Crippen LogP contribution in [0.15, 0.2) is 24.3 Å². The molecule has 3 rings (SSSR count). The van der Waals surface area contributed by atoms with Gasteiger partial charge in [-0.15, -0.1) is 0 Å². The van der Waals surface area contributed by atoms with E-state index < -0.39 is 23.3 Å². The van der Waals surface area contributed by atoms with Crippen LogP contribution in [0.5, 0.6) is 0 Å². The second kappa shape index (κ2) is 11.0. The molecule has 0 aliphatic heterocycles. The zero-order valence-electron chi connectivity index (χ0n) is 19.5. The predicted octanol–water partition coefficient (Wildman–Crippen LogP) is 4.12. The fourth-order valence-corrected chi connectivity index (χ4v) is 4.13. The van der Waals surface area contributed by atoms with E-state index in [1.165, 1.54) is 23.8 Å². The molecular formula is C25H29ClFN3O4. The number of carbonyl (C=O) groups excluding carboxylic acids is 1. The van der Waals surface area contributed by atoms with Crippen LogP contribution >= 0.6 is 11.6 Å². The summed E-state index contributed by atoms with van der Waals surface area (Å²) in [5, 5.41) is 12.2. The minimum absolute atomic E-state index is 0.0656. The van der Waals surface area contributed by atoms with Crippen LogP contribution in [-0.2, 0) is 16.1 Å². The first kappa shape index (κ1) is 25.7. The Morgan fingerprint density at radius 1 is 1.32 bits per heavy atom. The van der Waals surface area contributed by atoms with Crippen molar-refractivity contribution in [2.24, 2.45) is 11.8 Å². The Bertz CT molecular complexity index is 1110. The fraction of sp³-hybridized carbons (Fsp3) is 0.480. The van der Waals surface area contributed by atoms with Crippen LogP contribution in [0.3, 0.4) is 0 Å². The molecule has 9 heteroatoms. The van der Waals surface area contributed by atoms with Gasteiger partial charge in [0.1, 0.15) is 22.8 Å². The minimum atomic E-state index is -0.763. The van der Waals surface area contributed by atoms with Crippen LogP contribution in [0.2, 0.25) is 5.28 Å². The first-order valence-electron chi connectivity index (χ1n) is 11.2. The average Bonchev–Trinajstić information content (AvgIpc) is 3.11. The maximum absolute atomic E-state index is 13.7. The van der Waals surface area contributed by atoms with Crippen molar-refractivity contribution >= 4 is 23.5 Å². The number of nitrogens with zero attached hydrogens (tertiary/aromatic N) is 2. The Morgan fingerprint density at radius 3 is 2.65 bits per heavy atom. The zero-order chi connectivity index (χ0) is 24.9. The lowest BCUT2D eigenvalue weighted by Gasteiger charge is -2.26. The summed E-state index contributed by atoms with van der Waals surface area (Å²) in [6.45, 7) is 4.13. The maximum atomic E-state index is 13.7. The molecule has 0 atom stereocenters. The first-order valence-corrected chi connectivity index (χ1v) is 11.6. The van der Waals surface area contributed by atoms with Crippen LogP contribution < -0.4 is 5.32 Å². The Balaban J connectivity index is 1.84. The van der Waals surface area contributed by atoms with Gasteiger partial charge in [-0.25, -0.2) is 9.37 Å². The highest BCUT2D eigenvalue weighted by molar-refractivity contribution is 6.29. The lowest BCUT2D eigenvalue weighted by Crippen LogP contribution is -2.34. The van der Waals surface area contributed by atoms with E-state index >= 15 is 0 Å². The van der Waals surface area contributed by atoms with Gasteiger partial charge < -0.3 is 19.7 Å². The van der Waals surface area contributed by atoms with E-state index in [0.29, 0.717) is 24.9 Å². The highest BCUT2D eigenvalue weighted by Crippen LogP contribution is 2.28. The number of rotatable bonds is 7. The number of methoxy groups -OCH3 is 1. The largest absolute Gasteiger partial charge is 0.481 e. The molecule has 0 unspecified atom stereocenters. The van der Waals surface area contributed by atoms with E-state index in [1.807, 2.05) is 0 Å². The number of carboxylic acids is 1. The number of nitrogens with one attached hydrogen (secondary N) is 1. The number of amides is 1. The molecule has 1 aromatic carbocycles. The fourth-order valence-electron chi connectivity index (χ4n) is 3.90. The molecule has 1 aromatic heterocycles. The molecule has 2 N–H and O–H groups in total. The number of imidazole rings is 1. The van der Waals surface area contributed by atoms with Crippen molar-refractivity contribution in [2.45, 2.75) is 51.7 Å². The van der Waals surface area contributed by atoms with Gasteiger partial charge in [-0.1, -0.05) is 18.1 Å². The molecule has 1 heterocycles. The molecule has 2 aromatic rings. The number of carbonyl (C=O) groups is 2. The number of carboxylic acid groups (broad SMARTS) is 1. The van der Waals surface area contributed by atoms with E-state index in [-0.39, 0.29) is 35.1 Å². The Labute approximate surface area is 203 Å². The van der Waals surface area contributed by atoms with Gasteiger partial charge in [0, 0.05) is 13.7 Å². The van der Waals surface area contributed by atoms with E-state index in [4.69, 9.17) is 16.3 Å². The number of benzene rings is 1. The summed E-state index contributed by atoms with van der Waals surface area (Å²) in [6.07, 6.45) is 2.66. The SMILES string of the molecule is COC(C)(C)C#Cc1nc(Cl)n(Cc2cccc(F)c2)c1C(=O)NCC1CCC(C(=O)O)CC1. The van der Waals surface area contributed by atoms with Crippen LogP contribution in [-0.4, -0.2) is 45.8 Å². The van der Waals surface area contributed by atoms with Crippen molar-refractivity contribution in [1.29, 1.82) is 0 Å². The molecule has 7 nitrogen and oxygen atoms in total. The van der Waals surface area contributed by atoms with Gasteiger partial charge in [-0.2, -0.15) is 0 Å². The van der Waals surface area contributed by atoms with Crippen LogP contribution in [0.1, 0.15) is 61.3 Å². The maximum Gasteiger partial charge on any atom is 0.306 e. The van der Waals surface area contributed by atoms with Gasteiger partial charge in [0.05, 0.1) is 12.5 Å². The van der Waals surface area contributed by atoms with Crippen LogP contribution in [0.4, 0.5) is 4.39 Å². The van der Waals surface area contributed by atoms with Gasteiger partial charge >= 0.3 is 5.97 Å². The highest BCUT2D eigenvalue weighted by Gasteiger charge is 2.27. The number of ether oxygens (including phenoxy) is 1. The second-order valence-electron chi connectivity index (χ2n) is 9.02. The number of aromatic nitrogens is 2. The summed E-state index contributed by atoms with van der Waals surface area (Å²) in [6, 6.07) is 6.04. The number of halogens is 2. The minimum Gasteiger partial charge on any atom is -0.481 e. The molecule has 34 heavy (non-hydrogen) atoms. The lowest BCUT2D eigenvalue weighted by molar-refractivity contribution is -0.143. The molecule has 1 aliphatic rings. The monoisotopic (exact) mass is 489 g/mol. The van der Waals surface area contributed by atoms with Crippen molar-refractivity contribution in [1.82, 2.24) is 14.9 Å². The summed E-state index contributed by atoms with van der Waals surface area (Å²) in [4.78, 5) is 28.7. The van der Waals surface area contributed by atoms with Crippen molar-refractivity contribution in [3.05, 3.63) is 52.3 Å². The second-order valence-corrected chi connectivity index (χ2v) is 9.36. The Kier molecular flexibility index (Phi) is 8.34. The molecule has 0 radical (unpaired) electrons. The molecule has 0 spiro atoms. The van der Waals surface area contributed by atoms with E-state index in [1.54, 1.807) is 26.0 Å². The van der Waals surface area contributed by atoms with Crippen molar-refractivity contribution in [3.8, 4) is 11.8 Å². The van der Waals surface area contributed by atoms with Crippen LogP contribution in [0.25, 0.3) is 0 Å². The molecular weight excluding hydrogens is 461 g/mol. The molecule has 0 saturated heterocycles. The number of hydrogen-bond donors (Lipinski definition) is 2. The Hall–Kier alpha value is -2.89. The predicted molar refractivity (Wildman–Crippen MR) is 126 cm³/mol. The van der Waals surface area contributed by atoms with Gasteiger partial charge in [0.25, 0.3) is 5.91 Å². The summed E-state index contributed by atoms with van der Waals surface area (Å²) in [7, 11) is 1.54. The van der Waals surface area contributed by atoms with Crippen molar-refractivity contribution < 1.29 is 23.8 Å². The van der Waals surface area contributed by atoms with Gasteiger partial charge in [-0.05, 0) is 80.7 Å². The third kappa shape index (κ3) is 6.58. The van der Waals surface area contributed by atoms with E-state index in [9.17, 15) is 19.1 Å². The number of hydrogen-bond acceptors (Lipinski definition) is 4. The molecule has 0 bridgehead atoms. The molecule has 1 amide bonds. The van der Waals surface area contributed by atoms with Gasteiger partial charge in [0.2, 0.25) is 5.28 Å². The first-order chi connectivity index (χ1) is 16.1. The third-order valence-electron chi connectivity index (χ3n) is 6.11. The van der Waals surface area contributed by atoms with Crippen LogP contribution in [0, 0.1) is 29.5 Å². The molecule has 1 aliphatic carbocycles. The average molecular weight is 490 g/mol. The zero-order valence-corrected chi connectivity index (χ0v) is 20.3. The normalized spacial score (nSPS) is 18.1. The third-order valence-corrected chi connectivity index (χ3v) is 6.39. The standard InChI is InChI=1S/C25H29ClFN3O4/c1-25(2,34-3)12-11-20-21(22(31)28-14-16-7-9-18(10-8-16)23(32)33)30(24(26)29-20)15-17-5-4-6-19(27)13-17/h4-6,13,16,18H,7-10,14-15H2,1-3H3,(H,28,31)(H,32,33). The van der Waals surface area contributed by atoms with Crippen molar-refractivity contribution in [3.63, 3.8) is 0 Å². The quantitative estimate of drug-likeness (QED) is 0.570. The highest BCUT2D eigenvalue weighted by atomic mass is 35.5. The Morgan fingerprint density at radius 2 is 2.03 bits per heavy atom. The van der Waals surface area contributed by atoms with Gasteiger partial charge in [0.15, 0.2) is 0 Å². The molecule has 182 valence electrons. The molecule has 1 saturated carbocycles. The summed E-state index contributed by atoms with van der Waals surface area (Å²) in [5.41, 5.74) is 0.263. The topological polar surface area (TPSA) is 93.5 Å². The van der Waals surface area contributed by atoms with E-state index in [0.717, 1.165) is 12.8 Å². The number of aliphatic carboxylic acids is 1. The summed E-state index contributed by atoms with van der Waals surface area (Å²) >= 11 is 6.39. The lowest BCUT2D eigenvalue weighted by atomic mass is 9.82. The smallest absolute Gasteiger partial charge is 0.306 e. The van der Waals surface area contributed by atoms with Gasteiger partial charge in [-0.3, -0.25) is 9.59 Å². The summed E-state index contributed by atoms with van der Waals surface area (Å²) in [5.74, 6) is 4.19. The van der Waals surface area contributed by atoms with E-state index in [2.05, 4.69) is 22.1 Å². The molecule has 1 fully saturated rings. The summed E-state index contributed by atoms with van der Waals surface area (Å²) < 4.78 is 20.6.